The Morgan fingerprint density at radius 2 is 2.00 bits per heavy atom. The molecule has 0 radical (unpaired) electrons. The molecule has 0 saturated carbocycles. The van der Waals surface area contributed by atoms with E-state index in [9.17, 15) is 9.59 Å². The molecule has 0 saturated heterocycles. The van der Waals surface area contributed by atoms with Crippen LogP contribution in [0.1, 0.15) is 34.5 Å². The summed E-state index contributed by atoms with van der Waals surface area (Å²) in [6.07, 6.45) is 2.55. The van der Waals surface area contributed by atoms with Crippen molar-refractivity contribution in [1.29, 1.82) is 0 Å². The highest BCUT2D eigenvalue weighted by Gasteiger charge is 2.22. The minimum atomic E-state index is -0.359. The minimum Gasteiger partial charge on any atom is -0.497 e. The highest BCUT2D eigenvalue weighted by Crippen LogP contribution is 2.28. The second kappa shape index (κ2) is 6.85. The Morgan fingerprint density at radius 3 is 2.70 bits per heavy atom. The summed E-state index contributed by atoms with van der Waals surface area (Å²) >= 11 is 3.47. The van der Waals surface area contributed by atoms with Crippen LogP contribution < -0.4 is 15.5 Å². The van der Waals surface area contributed by atoms with Gasteiger partial charge in [0.15, 0.2) is 0 Å². The summed E-state index contributed by atoms with van der Waals surface area (Å²) in [7, 11) is 1.61. The molecule has 0 aliphatic carbocycles. The third kappa shape index (κ3) is 3.14. The van der Waals surface area contributed by atoms with Crippen molar-refractivity contribution >= 4 is 32.7 Å². The molecule has 0 bridgehead atoms. The molecule has 1 aliphatic heterocycles. The van der Waals surface area contributed by atoms with Crippen molar-refractivity contribution in [2.24, 2.45) is 0 Å². The summed E-state index contributed by atoms with van der Waals surface area (Å²) in [4.78, 5) is 25.8. The Morgan fingerprint density at radius 1 is 1.26 bits per heavy atom. The molecule has 4 rings (SSSR count). The summed E-state index contributed by atoms with van der Waals surface area (Å²) in [6.45, 7) is 2.67. The predicted octanol–water partition coefficient (Wildman–Crippen LogP) is 3.82. The highest BCUT2D eigenvalue weighted by atomic mass is 79.9. The number of aryl methyl sites for hydroxylation is 2. The maximum Gasteiger partial charge on any atom is 0.257 e. The monoisotopic (exact) mass is 426 g/mol. The Balaban J connectivity index is 1.67. The zero-order valence-electron chi connectivity index (χ0n) is 15.1. The lowest BCUT2D eigenvalue weighted by molar-refractivity contribution is 0.0938. The predicted molar refractivity (Wildman–Crippen MR) is 108 cm³/mol. The van der Waals surface area contributed by atoms with Crippen molar-refractivity contribution in [3.8, 4) is 5.75 Å². The van der Waals surface area contributed by atoms with E-state index >= 15 is 0 Å². The molecule has 0 fully saturated rings. The number of pyridine rings is 1. The standard InChI is InChI=1S/C21H19BrN2O3/c1-12(13-3-5-16(27-2)6-4-13)23-21(26)18-11-24-8-7-14-9-15(22)10-17(19(14)24)20(18)25/h3-6,9-12H,7-8H2,1-2H3,(H,23,26)/t12-/m0/s1. The van der Waals surface area contributed by atoms with Crippen LogP contribution in [-0.2, 0) is 13.0 Å². The van der Waals surface area contributed by atoms with Gasteiger partial charge in [-0.25, -0.2) is 0 Å². The first-order valence-corrected chi connectivity index (χ1v) is 9.57. The summed E-state index contributed by atoms with van der Waals surface area (Å²) in [5.41, 5.74) is 2.96. The number of carbonyl (C=O) groups is 1. The van der Waals surface area contributed by atoms with Crippen molar-refractivity contribution in [2.45, 2.75) is 25.9 Å². The zero-order chi connectivity index (χ0) is 19.1. The Bertz CT molecular complexity index is 1100. The maximum absolute atomic E-state index is 12.9. The Labute approximate surface area is 165 Å². The van der Waals surface area contributed by atoms with Gasteiger partial charge in [-0.15, -0.1) is 0 Å². The van der Waals surface area contributed by atoms with Crippen molar-refractivity contribution in [3.05, 3.63) is 74.0 Å². The first kappa shape index (κ1) is 17.8. The molecule has 1 amide bonds. The van der Waals surface area contributed by atoms with Crippen LogP contribution in [0.25, 0.3) is 10.9 Å². The SMILES string of the molecule is COc1ccc([C@H](C)NC(=O)c2cn3c4c(cc(Br)cc4c2=O)CC3)cc1. The van der Waals surface area contributed by atoms with Gasteiger partial charge in [0.2, 0.25) is 5.43 Å². The molecule has 2 heterocycles. The molecule has 1 N–H and O–H groups in total. The number of ether oxygens (including phenoxy) is 1. The van der Waals surface area contributed by atoms with Crippen molar-refractivity contribution < 1.29 is 9.53 Å². The van der Waals surface area contributed by atoms with Gasteiger partial charge in [0.05, 0.1) is 18.7 Å². The average molecular weight is 427 g/mol. The van der Waals surface area contributed by atoms with E-state index < -0.39 is 0 Å². The fourth-order valence-corrected chi connectivity index (χ4v) is 4.12. The Kier molecular flexibility index (Phi) is 4.52. The van der Waals surface area contributed by atoms with Gasteiger partial charge in [-0.05, 0) is 48.7 Å². The van der Waals surface area contributed by atoms with Crippen LogP contribution in [-0.4, -0.2) is 17.6 Å². The number of rotatable bonds is 4. The second-order valence-corrected chi connectivity index (χ2v) is 7.66. The summed E-state index contributed by atoms with van der Waals surface area (Å²) < 4.78 is 8.03. The molecular formula is C21H19BrN2O3. The van der Waals surface area contributed by atoms with Crippen molar-refractivity contribution in [1.82, 2.24) is 9.88 Å². The number of hydrogen-bond donors (Lipinski definition) is 1. The molecule has 6 heteroatoms. The number of halogens is 1. The van der Waals surface area contributed by atoms with Crippen LogP contribution in [0.2, 0.25) is 0 Å². The molecule has 1 aliphatic rings. The third-order valence-electron chi connectivity index (χ3n) is 5.05. The fraction of sp³-hybridized carbons (Fsp3) is 0.238. The lowest BCUT2D eigenvalue weighted by atomic mass is 10.1. The lowest BCUT2D eigenvalue weighted by Crippen LogP contribution is -2.31. The normalized spacial score (nSPS) is 13.6. The quantitative estimate of drug-likeness (QED) is 0.689. The van der Waals surface area contributed by atoms with Crippen LogP contribution in [0.5, 0.6) is 5.75 Å². The molecule has 1 atom stereocenters. The molecule has 3 aromatic rings. The van der Waals surface area contributed by atoms with Crippen molar-refractivity contribution in [3.63, 3.8) is 0 Å². The molecule has 5 nitrogen and oxygen atoms in total. The lowest BCUT2D eigenvalue weighted by Gasteiger charge is -2.15. The van der Waals surface area contributed by atoms with Crippen LogP contribution in [0, 0.1) is 0 Å². The molecular weight excluding hydrogens is 408 g/mol. The smallest absolute Gasteiger partial charge is 0.257 e. The van der Waals surface area contributed by atoms with Crippen LogP contribution >= 0.6 is 15.9 Å². The van der Waals surface area contributed by atoms with Gasteiger partial charge in [0.25, 0.3) is 5.91 Å². The first-order valence-electron chi connectivity index (χ1n) is 8.78. The van der Waals surface area contributed by atoms with E-state index in [1.807, 2.05) is 41.8 Å². The van der Waals surface area contributed by atoms with Gasteiger partial charge < -0.3 is 14.6 Å². The summed E-state index contributed by atoms with van der Waals surface area (Å²) in [6, 6.07) is 11.1. The van der Waals surface area contributed by atoms with E-state index in [1.54, 1.807) is 19.4 Å². The number of aromatic nitrogens is 1. The number of nitrogens with one attached hydrogen (secondary N) is 1. The number of nitrogens with zero attached hydrogens (tertiary/aromatic N) is 1. The van der Waals surface area contributed by atoms with Crippen LogP contribution in [0.15, 0.2) is 51.9 Å². The maximum atomic E-state index is 12.9. The largest absolute Gasteiger partial charge is 0.497 e. The number of hydrogen-bond acceptors (Lipinski definition) is 3. The Hall–Kier alpha value is -2.60. The molecule has 27 heavy (non-hydrogen) atoms. The zero-order valence-corrected chi connectivity index (χ0v) is 16.7. The number of amides is 1. The van der Waals surface area contributed by atoms with E-state index in [4.69, 9.17) is 4.74 Å². The topological polar surface area (TPSA) is 60.3 Å². The van der Waals surface area contributed by atoms with Gasteiger partial charge in [-0.1, -0.05) is 28.1 Å². The molecule has 0 spiro atoms. The summed E-state index contributed by atoms with van der Waals surface area (Å²) in [5, 5.41) is 3.52. The third-order valence-corrected chi connectivity index (χ3v) is 5.50. The average Bonchev–Trinajstić information content (AvgIpc) is 3.07. The van der Waals surface area contributed by atoms with Gasteiger partial charge in [-0.3, -0.25) is 9.59 Å². The van der Waals surface area contributed by atoms with E-state index in [2.05, 4.69) is 21.2 Å². The van der Waals surface area contributed by atoms with Crippen molar-refractivity contribution in [2.75, 3.05) is 7.11 Å². The molecule has 1 aromatic heterocycles. The van der Waals surface area contributed by atoms with E-state index in [0.717, 1.165) is 39.8 Å². The van der Waals surface area contributed by atoms with E-state index in [-0.39, 0.29) is 22.9 Å². The van der Waals surface area contributed by atoms with Gasteiger partial charge in [0, 0.05) is 22.6 Å². The van der Waals surface area contributed by atoms with Crippen LogP contribution in [0.3, 0.4) is 0 Å². The van der Waals surface area contributed by atoms with E-state index in [1.165, 1.54) is 0 Å². The molecule has 2 aromatic carbocycles. The van der Waals surface area contributed by atoms with Gasteiger partial charge >= 0.3 is 0 Å². The molecule has 138 valence electrons. The number of carbonyl (C=O) groups excluding carboxylic acids is 1. The fourth-order valence-electron chi connectivity index (χ4n) is 3.61. The molecule has 0 unspecified atom stereocenters. The summed E-state index contributed by atoms with van der Waals surface area (Å²) in [5.74, 6) is 0.400. The van der Waals surface area contributed by atoms with Gasteiger partial charge in [-0.2, -0.15) is 0 Å². The minimum absolute atomic E-state index is 0.175. The highest BCUT2D eigenvalue weighted by molar-refractivity contribution is 9.10. The van der Waals surface area contributed by atoms with Gasteiger partial charge in [0.1, 0.15) is 11.3 Å². The first-order chi connectivity index (χ1) is 13.0. The number of benzene rings is 2. The van der Waals surface area contributed by atoms with E-state index in [0.29, 0.717) is 5.39 Å². The van der Waals surface area contributed by atoms with Crippen LogP contribution in [0.4, 0.5) is 0 Å². The second-order valence-electron chi connectivity index (χ2n) is 6.74. The number of methoxy groups -OCH3 is 1.